The Morgan fingerprint density at radius 2 is 1.90 bits per heavy atom. The van der Waals surface area contributed by atoms with Gasteiger partial charge in [-0.2, -0.15) is 13.2 Å². The molecule has 39 heavy (non-hydrogen) atoms. The van der Waals surface area contributed by atoms with Gasteiger partial charge in [-0.15, -0.1) is 10.2 Å². The molecule has 3 heterocycles. The number of hydrogen-bond acceptors (Lipinski definition) is 7. The second-order valence-electron chi connectivity index (χ2n) is 8.75. The summed E-state index contributed by atoms with van der Waals surface area (Å²) in [5, 5.41) is 20.9. The fourth-order valence-electron chi connectivity index (χ4n) is 3.72. The molecular weight excluding hydrogens is 548 g/mol. The smallest absolute Gasteiger partial charge is 0.382 e. The molecule has 5 rings (SSSR count). The standard InChI is InChI=1S/C23H19ClF4N8O3/c24-13-5-3-12(4-6-13)20-33-35(22(39)34(20)9-17(37)23(26,27)28)10-18-30-11-36(32-18)16-2-1-7-29-19(16)21(38)31-15-8-14(15)25/h1-7,11,14-15,17,37H,8-10H2,(H,31,38)/t14-,15+,17+/m1/s1. The van der Waals surface area contributed by atoms with E-state index in [4.69, 9.17) is 11.6 Å². The van der Waals surface area contributed by atoms with Gasteiger partial charge >= 0.3 is 11.9 Å². The third kappa shape index (κ3) is 5.68. The first-order valence-electron chi connectivity index (χ1n) is 11.5. The van der Waals surface area contributed by atoms with Gasteiger partial charge in [0.15, 0.2) is 23.4 Å². The molecule has 16 heteroatoms. The molecule has 0 unspecified atom stereocenters. The van der Waals surface area contributed by atoms with E-state index >= 15 is 0 Å². The Balaban J connectivity index is 1.44. The Morgan fingerprint density at radius 3 is 2.56 bits per heavy atom. The number of nitrogens with one attached hydrogen (secondary N) is 1. The molecule has 0 spiro atoms. The van der Waals surface area contributed by atoms with Crippen molar-refractivity contribution in [1.29, 1.82) is 0 Å². The number of carbonyl (C=O) groups is 1. The number of aliphatic hydroxyl groups excluding tert-OH is 1. The van der Waals surface area contributed by atoms with E-state index in [0.717, 1.165) is 4.68 Å². The molecule has 11 nitrogen and oxygen atoms in total. The van der Waals surface area contributed by atoms with Gasteiger partial charge in [-0.3, -0.25) is 9.36 Å². The van der Waals surface area contributed by atoms with Gasteiger partial charge in [0.2, 0.25) is 0 Å². The molecule has 0 radical (unpaired) electrons. The van der Waals surface area contributed by atoms with E-state index in [1.807, 2.05) is 0 Å². The van der Waals surface area contributed by atoms with Crippen LogP contribution in [-0.2, 0) is 13.1 Å². The number of alkyl halides is 4. The van der Waals surface area contributed by atoms with E-state index in [9.17, 15) is 32.3 Å². The zero-order valence-corrected chi connectivity index (χ0v) is 20.5. The maximum atomic E-state index is 13.2. The van der Waals surface area contributed by atoms with Crippen molar-refractivity contribution in [2.24, 2.45) is 0 Å². The highest BCUT2D eigenvalue weighted by molar-refractivity contribution is 6.30. The molecule has 0 bridgehead atoms. The minimum Gasteiger partial charge on any atom is -0.382 e. The molecule has 4 aromatic rings. The van der Waals surface area contributed by atoms with Crippen LogP contribution >= 0.6 is 11.6 Å². The third-order valence-electron chi connectivity index (χ3n) is 5.87. The van der Waals surface area contributed by atoms with Crippen molar-refractivity contribution in [3.63, 3.8) is 0 Å². The Morgan fingerprint density at radius 1 is 1.18 bits per heavy atom. The number of pyridine rings is 1. The number of aromatic nitrogens is 7. The highest BCUT2D eigenvalue weighted by Gasteiger charge is 2.40. The number of hydrogen-bond donors (Lipinski definition) is 2. The Kier molecular flexibility index (Phi) is 6.94. The van der Waals surface area contributed by atoms with E-state index in [-0.39, 0.29) is 36.0 Å². The van der Waals surface area contributed by atoms with Crippen LogP contribution in [0.5, 0.6) is 0 Å². The lowest BCUT2D eigenvalue weighted by Crippen LogP contribution is -2.37. The van der Waals surface area contributed by atoms with E-state index in [1.54, 1.807) is 6.07 Å². The minimum atomic E-state index is -4.96. The normalized spacial score (nSPS) is 17.7. The van der Waals surface area contributed by atoms with Crippen molar-refractivity contribution in [2.45, 2.75) is 44.0 Å². The van der Waals surface area contributed by atoms with E-state index < -0.39 is 42.6 Å². The number of halogens is 5. The Labute approximate surface area is 221 Å². The third-order valence-corrected chi connectivity index (χ3v) is 6.12. The molecule has 3 atom stereocenters. The summed E-state index contributed by atoms with van der Waals surface area (Å²) in [6, 6.07) is 8.42. The van der Waals surface area contributed by atoms with E-state index in [1.165, 1.54) is 47.5 Å². The highest BCUT2D eigenvalue weighted by atomic mass is 35.5. The summed E-state index contributed by atoms with van der Waals surface area (Å²) in [4.78, 5) is 33.8. The van der Waals surface area contributed by atoms with Gasteiger partial charge in [-0.25, -0.2) is 28.5 Å². The van der Waals surface area contributed by atoms with Crippen LogP contribution in [0.4, 0.5) is 17.6 Å². The van der Waals surface area contributed by atoms with E-state index in [2.05, 4.69) is 25.5 Å². The number of benzene rings is 1. The van der Waals surface area contributed by atoms with Gasteiger partial charge in [-0.05, 0) is 36.4 Å². The van der Waals surface area contributed by atoms with Crippen molar-refractivity contribution in [3.8, 4) is 17.1 Å². The summed E-state index contributed by atoms with van der Waals surface area (Å²) >= 11 is 5.90. The van der Waals surface area contributed by atoms with Crippen molar-refractivity contribution in [3.05, 3.63) is 75.9 Å². The predicted octanol–water partition coefficient (Wildman–Crippen LogP) is 2.15. The summed E-state index contributed by atoms with van der Waals surface area (Å²) in [6.45, 7) is -1.42. The quantitative estimate of drug-likeness (QED) is 0.312. The fourth-order valence-corrected chi connectivity index (χ4v) is 3.85. The molecule has 2 N–H and O–H groups in total. The van der Waals surface area contributed by atoms with Gasteiger partial charge in [0.1, 0.15) is 19.0 Å². The van der Waals surface area contributed by atoms with Crippen molar-refractivity contribution < 1.29 is 27.5 Å². The topological polar surface area (TPSA) is 133 Å². The molecule has 1 saturated carbocycles. The summed E-state index contributed by atoms with van der Waals surface area (Å²) in [6.07, 6.45) is -6.01. The Bertz CT molecular complexity index is 1570. The predicted molar refractivity (Wildman–Crippen MR) is 128 cm³/mol. The molecule has 0 saturated heterocycles. The average Bonchev–Trinajstić information content (AvgIpc) is 3.26. The molecule has 1 amide bonds. The van der Waals surface area contributed by atoms with Gasteiger partial charge in [0.25, 0.3) is 5.91 Å². The van der Waals surface area contributed by atoms with Crippen molar-refractivity contribution in [1.82, 2.24) is 39.4 Å². The second kappa shape index (κ2) is 10.2. The first-order valence-corrected chi connectivity index (χ1v) is 11.9. The summed E-state index contributed by atoms with van der Waals surface area (Å²) in [5.41, 5.74) is -0.440. The fraction of sp³-hybridized carbons (Fsp3) is 0.304. The lowest BCUT2D eigenvalue weighted by Gasteiger charge is -2.15. The number of carbonyl (C=O) groups excluding carboxylic acids is 1. The zero-order chi connectivity index (χ0) is 27.9. The maximum Gasteiger partial charge on any atom is 0.416 e. The molecule has 1 fully saturated rings. The minimum absolute atomic E-state index is 0.0272. The Hall–Kier alpha value is -4.11. The summed E-state index contributed by atoms with van der Waals surface area (Å²) in [5.74, 6) is -0.683. The van der Waals surface area contributed by atoms with Gasteiger partial charge in [-0.1, -0.05) is 11.6 Å². The van der Waals surface area contributed by atoms with Crippen molar-refractivity contribution in [2.75, 3.05) is 0 Å². The molecule has 1 aliphatic rings. The number of rotatable bonds is 8. The molecular formula is C23H19ClF4N8O3. The first-order chi connectivity index (χ1) is 18.5. The monoisotopic (exact) mass is 566 g/mol. The van der Waals surface area contributed by atoms with Gasteiger partial charge in [0.05, 0.1) is 18.3 Å². The van der Waals surface area contributed by atoms with Crippen LogP contribution in [0.3, 0.4) is 0 Å². The maximum absolute atomic E-state index is 13.2. The second-order valence-corrected chi connectivity index (χ2v) is 9.18. The molecule has 3 aromatic heterocycles. The van der Waals surface area contributed by atoms with Crippen molar-refractivity contribution >= 4 is 17.5 Å². The number of nitrogens with zero attached hydrogens (tertiary/aromatic N) is 7. The lowest BCUT2D eigenvalue weighted by atomic mass is 10.2. The molecule has 0 aliphatic heterocycles. The number of amides is 1. The molecule has 1 aromatic carbocycles. The van der Waals surface area contributed by atoms with Crippen LogP contribution in [0.1, 0.15) is 22.7 Å². The van der Waals surface area contributed by atoms with Crippen LogP contribution in [0.15, 0.2) is 53.7 Å². The van der Waals surface area contributed by atoms with Crippen LogP contribution in [0.2, 0.25) is 5.02 Å². The molecule has 204 valence electrons. The summed E-state index contributed by atoms with van der Waals surface area (Å²) < 4.78 is 55.2. The van der Waals surface area contributed by atoms with Crippen LogP contribution < -0.4 is 11.0 Å². The van der Waals surface area contributed by atoms with Crippen LogP contribution in [0.25, 0.3) is 17.1 Å². The number of aliphatic hydroxyl groups is 1. The van der Waals surface area contributed by atoms with Crippen LogP contribution in [0, 0.1) is 0 Å². The highest BCUT2D eigenvalue weighted by Crippen LogP contribution is 2.26. The van der Waals surface area contributed by atoms with Gasteiger partial charge in [0, 0.05) is 23.2 Å². The SMILES string of the molecule is O=C(N[C@H]1C[C@H]1F)c1ncccc1-n1cnc(Cn2nc(-c3ccc(Cl)cc3)n(C[C@H](O)C(F)(F)F)c2=O)n1. The first kappa shape index (κ1) is 26.5. The van der Waals surface area contributed by atoms with E-state index in [0.29, 0.717) is 15.2 Å². The average molecular weight is 567 g/mol. The van der Waals surface area contributed by atoms with Crippen LogP contribution in [-0.4, -0.2) is 69.6 Å². The lowest BCUT2D eigenvalue weighted by molar-refractivity contribution is -0.207. The molecule has 1 aliphatic carbocycles. The summed E-state index contributed by atoms with van der Waals surface area (Å²) in [7, 11) is 0. The largest absolute Gasteiger partial charge is 0.416 e. The van der Waals surface area contributed by atoms with Gasteiger partial charge < -0.3 is 10.4 Å². The zero-order valence-electron chi connectivity index (χ0n) is 19.8.